The first kappa shape index (κ1) is 15.9. The van der Waals surface area contributed by atoms with E-state index < -0.39 is 5.97 Å². The van der Waals surface area contributed by atoms with Crippen LogP contribution >= 0.6 is 24.0 Å². The average Bonchev–Trinajstić information content (AvgIpc) is 2.40. The van der Waals surface area contributed by atoms with Crippen LogP contribution in [0.1, 0.15) is 16.7 Å². The van der Waals surface area contributed by atoms with Gasteiger partial charge in [0.15, 0.2) is 0 Å². The first-order valence-corrected chi connectivity index (χ1v) is 7.93. The summed E-state index contributed by atoms with van der Waals surface area (Å²) in [4.78, 5) is 14.0. The van der Waals surface area contributed by atoms with E-state index in [1.165, 1.54) is 0 Å². The molecule has 1 aromatic carbocycles. The monoisotopic (exact) mass is 323 g/mol. The van der Waals surface area contributed by atoms with Crippen LogP contribution in [0.15, 0.2) is 17.0 Å². The fourth-order valence-corrected chi connectivity index (χ4v) is 3.62. The van der Waals surface area contributed by atoms with Gasteiger partial charge in [0.25, 0.3) is 0 Å². The number of benzene rings is 1. The molecule has 0 spiro atoms. The zero-order chi connectivity index (χ0) is 15.6. The SMILES string of the molecule is Cc1cc(/C=C2/SCCN(CC(=O)O)C2=S)cc(C)c1O. The Morgan fingerprint density at radius 2 is 2.05 bits per heavy atom. The lowest BCUT2D eigenvalue weighted by atomic mass is 10.1. The third kappa shape index (κ3) is 3.77. The van der Waals surface area contributed by atoms with Gasteiger partial charge in [-0.05, 0) is 48.7 Å². The van der Waals surface area contributed by atoms with Gasteiger partial charge in [0.2, 0.25) is 0 Å². The number of aromatic hydroxyl groups is 1. The summed E-state index contributed by atoms with van der Waals surface area (Å²) in [7, 11) is 0. The maximum atomic E-state index is 10.8. The predicted octanol–water partition coefficient (Wildman–Crippen LogP) is 2.81. The second-order valence-corrected chi connectivity index (χ2v) is 6.50. The number of rotatable bonds is 3. The minimum atomic E-state index is -0.875. The van der Waals surface area contributed by atoms with Crippen LogP contribution in [-0.2, 0) is 4.79 Å². The first-order valence-electron chi connectivity index (χ1n) is 6.54. The molecule has 1 aliphatic heterocycles. The van der Waals surface area contributed by atoms with Gasteiger partial charge in [-0.15, -0.1) is 11.8 Å². The minimum Gasteiger partial charge on any atom is -0.507 e. The van der Waals surface area contributed by atoms with Crippen LogP contribution in [0.4, 0.5) is 0 Å². The van der Waals surface area contributed by atoms with Crippen LogP contribution in [0.3, 0.4) is 0 Å². The highest BCUT2D eigenvalue weighted by atomic mass is 32.2. The molecular weight excluding hydrogens is 306 g/mol. The maximum absolute atomic E-state index is 10.8. The molecule has 112 valence electrons. The molecule has 0 aromatic heterocycles. The molecule has 2 N–H and O–H groups in total. The Labute approximate surface area is 133 Å². The van der Waals surface area contributed by atoms with Crippen LogP contribution in [0.5, 0.6) is 5.75 Å². The number of nitrogens with zero attached hydrogens (tertiary/aromatic N) is 1. The molecule has 1 heterocycles. The molecule has 21 heavy (non-hydrogen) atoms. The third-order valence-electron chi connectivity index (χ3n) is 3.25. The number of hydrogen-bond acceptors (Lipinski definition) is 4. The number of carboxylic acid groups (broad SMARTS) is 1. The average molecular weight is 323 g/mol. The van der Waals surface area contributed by atoms with Gasteiger partial charge >= 0.3 is 5.97 Å². The highest BCUT2D eigenvalue weighted by molar-refractivity contribution is 8.05. The summed E-state index contributed by atoms with van der Waals surface area (Å²) in [6, 6.07) is 3.79. The van der Waals surface area contributed by atoms with Gasteiger partial charge < -0.3 is 15.1 Å². The highest BCUT2D eigenvalue weighted by Gasteiger charge is 2.22. The zero-order valence-corrected chi connectivity index (χ0v) is 13.6. The number of phenolic OH excluding ortho intramolecular Hbond substituents is 1. The summed E-state index contributed by atoms with van der Waals surface area (Å²) < 4.78 is 0. The van der Waals surface area contributed by atoms with Crippen LogP contribution < -0.4 is 0 Å². The fourth-order valence-electron chi connectivity index (χ4n) is 2.23. The molecule has 0 bridgehead atoms. The summed E-state index contributed by atoms with van der Waals surface area (Å²) in [6.45, 7) is 4.30. The van der Waals surface area contributed by atoms with Crippen LogP contribution in [0.2, 0.25) is 0 Å². The number of aliphatic carboxylic acids is 1. The molecule has 1 fully saturated rings. The Morgan fingerprint density at radius 1 is 1.43 bits per heavy atom. The number of hydrogen-bond donors (Lipinski definition) is 2. The molecule has 2 rings (SSSR count). The smallest absolute Gasteiger partial charge is 0.323 e. The highest BCUT2D eigenvalue weighted by Crippen LogP contribution is 2.29. The Balaban J connectivity index is 2.28. The topological polar surface area (TPSA) is 60.8 Å². The number of thioether (sulfide) groups is 1. The van der Waals surface area contributed by atoms with Crippen molar-refractivity contribution in [2.45, 2.75) is 13.8 Å². The van der Waals surface area contributed by atoms with Crippen molar-refractivity contribution in [1.29, 1.82) is 0 Å². The van der Waals surface area contributed by atoms with Crippen molar-refractivity contribution >= 4 is 41.0 Å². The van der Waals surface area contributed by atoms with Crippen molar-refractivity contribution in [2.75, 3.05) is 18.8 Å². The number of aryl methyl sites for hydroxylation is 2. The molecular formula is C15H17NO3S2. The van der Waals surface area contributed by atoms with E-state index in [4.69, 9.17) is 17.3 Å². The molecule has 0 amide bonds. The van der Waals surface area contributed by atoms with Gasteiger partial charge in [-0.25, -0.2) is 0 Å². The largest absolute Gasteiger partial charge is 0.507 e. The Kier molecular flexibility index (Phi) is 4.90. The molecule has 4 nitrogen and oxygen atoms in total. The fraction of sp³-hybridized carbons (Fsp3) is 0.333. The second-order valence-electron chi connectivity index (χ2n) is 4.98. The number of carboxylic acids is 1. The molecule has 0 radical (unpaired) electrons. The quantitative estimate of drug-likeness (QED) is 0.659. The van der Waals surface area contributed by atoms with E-state index in [1.807, 2.05) is 32.1 Å². The molecule has 0 atom stereocenters. The van der Waals surface area contributed by atoms with Crippen molar-refractivity contribution in [3.8, 4) is 5.75 Å². The van der Waals surface area contributed by atoms with Crippen molar-refractivity contribution in [1.82, 2.24) is 4.90 Å². The van der Waals surface area contributed by atoms with Crippen LogP contribution in [0.25, 0.3) is 6.08 Å². The van der Waals surface area contributed by atoms with Crippen molar-refractivity contribution in [2.24, 2.45) is 0 Å². The van der Waals surface area contributed by atoms with Crippen molar-refractivity contribution in [3.63, 3.8) is 0 Å². The van der Waals surface area contributed by atoms with Gasteiger partial charge in [-0.1, -0.05) is 12.2 Å². The van der Waals surface area contributed by atoms with E-state index in [1.54, 1.807) is 16.7 Å². The summed E-state index contributed by atoms with van der Waals surface area (Å²) in [5.74, 6) is 0.249. The maximum Gasteiger partial charge on any atom is 0.323 e. The molecule has 0 aliphatic carbocycles. The normalized spacial score (nSPS) is 17.3. The lowest BCUT2D eigenvalue weighted by Gasteiger charge is -2.29. The van der Waals surface area contributed by atoms with E-state index in [9.17, 15) is 9.90 Å². The molecule has 0 saturated carbocycles. The minimum absolute atomic E-state index is 0.0651. The number of phenols is 1. The van der Waals surface area contributed by atoms with Gasteiger partial charge in [0.1, 0.15) is 17.3 Å². The van der Waals surface area contributed by atoms with Gasteiger partial charge in [-0.3, -0.25) is 4.79 Å². The Morgan fingerprint density at radius 3 is 2.62 bits per heavy atom. The van der Waals surface area contributed by atoms with E-state index in [-0.39, 0.29) is 6.54 Å². The summed E-state index contributed by atoms with van der Waals surface area (Å²) in [6.07, 6.45) is 1.96. The number of carbonyl (C=O) groups is 1. The number of thiocarbonyl (C=S) groups is 1. The second kappa shape index (κ2) is 6.49. The third-order valence-corrected chi connectivity index (χ3v) is 4.87. The van der Waals surface area contributed by atoms with Gasteiger partial charge in [-0.2, -0.15) is 0 Å². The Hall–Kier alpha value is -1.53. The molecule has 1 saturated heterocycles. The van der Waals surface area contributed by atoms with Crippen LogP contribution in [-0.4, -0.2) is 44.9 Å². The summed E-state index contributed by atoms with van der Waals surface area (Å²) in [5.41, 5.74) is 2.59. The molecule has 0 unspecified atom stereocenters. The van der Waals surface area contributed by atoms with Crippen molar-refractivity contribution < 1.29 is 15.0 Å². The van der Waals surface area contributed by atoms with E-state index >= 15 is 0 Å². The Bertz CT molecular complexity index is 602. The van der Waals surface area contributed by atoms with E-state index in [0.29, 0.717) is 17.3 Å². The molecule has 1 aromatic rings. The zero-order valence-electron chi connectivity index (χ0n) is 11.9. The predicted molar refractivity (Wildman–Crippen MR) is 89.8 cm³/mol. The summed E-state index contributed by atoms with van der Waals surface area (Å²) >= 11 is 7.02. The van der Waals surface area contributed by atoms with Gasteiger partial charge in [0, 0.05) is 17.2 Å². The van der Waals surface area contributed by atoms with Gasteiger partial charge in [0.05, 0.1) is 0 Å². The lowest BCUT2D eigenvalue weighted by molar-refractivity contribution is -0.137. The summed E-state index contributed by atoms with van der Waals surface area (Å²) in [5, 5.41) is 18.7. The standard InChI is InChI=1S/C15H17NO3S2/c1-9-5-11(6-10(2)14(9)19)7-12-15(20)16(3-4-21-12)8-13(17)18/h5-7,19H,3-4,8H2,1-2H3,(H,17,18)/b12-7+. The van der Waals surface area contributed by atoms with E-state index in [2.05, 4.69) is 0 Å². The van der Waals surface area contributed by atoms with Crippen molar-refractivity contribution in [3.05, 3.63) is 33.7 Å². The molecule has 1 aliphatic rings. The van der Waals surface area contributed by atoms with Crippen LogP contribution in [0, 0.1) is 13.8 Å². The first-order chi connectivity index (χ1) is 9.88. The van der Waals surface area contributed by atoms with E-state index in [0.717, 1.165) is 27.3 Å². The lowest BCUT2D eigenvalue weighted by Crippen LogP contribution is -2.39. The molecule has 6 heteroatoms.